The largest absolute Gasteiger partial charge is 0.386 e. The number of nitrogens with one attached hydrogen (secondary N) is 3. The van der Waals surface area contributed by atoms with Gasteiger partial charge in [-0.05, 0) is 59.7 Å². The zero-order valence-corrected chi connectivity index (χ0v) is 18.6. The third-order valence-corrected chi connectivity index (χ3v) is 5.98. The van der Waals surface area contributed by atoms with Gasteiger partial charge in [-0.25, -0.2) is 0 Å². The monoisotopic (exact) mass is 443 g/mol. The lowest BCUT2D eigenvalue weighted by atomic mass is 10.1. The van der Waals surface area contributed by atoms with Gasteiger partial charge in [-0.15, -0.1) is 11.3 Å². The molecule has 0 bridgehead atoms. The molecular weight excluding hydrogens is 418 g/mol. The minimum Gasteiger partial charge on any atom is -0.386 e. The number of rotatable bonds is 8. The molecule has 32 heavy (non-hydrogen) atoms. The van der Waals surface area contributed by atoms with Crippen molar-refractivity contribution < 1.29 is 9.59 Å². The molecule has 0 aliphatic heterocycles. The maximum atomic E-state index is 12.7. The molecule has 3 N–H and O–H groups in total. The summed E-state index contributed by atoms with van der Waals surface area (Å²) in [6.07, 6.45) is 7.30. The predicted molar refractivity (Wildman–Crippen MR) is 133 cm³/mol. The van der Waals surface area contributed by atoms with Crippen LogP contribution < -0.4 is 16.0 Å². The topological polar surface area (TPSA) is 70.2 Å². The second kappa shape index (κ2) is 10.1. The van der Waals surface area contributed by atoms with Crippen LogP contribution in [0.2, 0.25) is 0 Å². The Labute approximate surface area is 191 Å². The first-order valence-electron chi connectivity index (χ1n) is 10.5. The van der Waals surface area contributed by atoms with Gasteiger partial charge in [-0.3, -0.25) is 9.59 Å². The van der Waals surface area contributed by atoms with E-state index in [9.17, 15) is 9.59 Å². The number of para-hydroxylation sites is 2. The van der Waals surface area contributed by atoms with Crippen LogP contribution in [0.3, 0.4) is 0 Å². The summed E-state index contributed by atoms with van der Waals surface area (Å²) in [5.41, 5.74) is 4.11. The van der Waals surface area contributed by atoms with Crippen molar-refractivity contribution in [1.29, 1.82) is 0 Å². The van der Waals surface area contributed by atoms with E-state index in [1.165, 1.54) is 6.08 Å². The molecule has 0 unspecified atom stereocenters. The third kappa shape index (κ3) is 5.74. The molecule has 1 saturated carbocycles. The van der Waals surface area contributed by atoms with E-state index >= 15 is 0 Å². The Morgan fingerprint density at radius 2 is 1.66 bits per heavy atom. The number of amides is 2. The SMILES string of the molecule is CNc1ccccc1NC(=O)/C=C/c1ccc(/C=C(/C(=O)NC2CC2)c2cccs2)cc1. The second-order valence-corrected chi connectivity index (χ2v) is 8.52. The fourth-order valence-corrected chi connectivity index (χ4v) is 3.94. The molecule has 1 heterocycles. The van der Waals surface area contributed by atoms with E-state index < -0.39 is 0 Å². The second-order valence-electron chi connectivity index (χ2n) is 7.57. The lowest BCUT2D eigenvalue weighted by Crippen LogP contribution is -2.26. The Bertz CT molecular complexity index is 1140. The van der Waals surface area contributed by atoms with E-state index in [1.807, 2.05) is 79.2 Å². The highest BCUT2D eigenvalue weighted by molar-refractivity contribution is 7.11. The molecule has 162 valence electrons. The van der Waals surface area contributed by atoms with Crippen LogP contribution >= 0.6 is 11.3 Å². The quantitative estimate of drug-likeness (QED) is 0.416. The number of hydrogen-bond donors (Lipinski definition) is 3. The fourth-order valence-electron chi connectivity index (χ4n) is 3.20. The lowest BCUT2D eigenvalue weighted by molar-refractivity contribution is -0.115. The van der Waals surface area contributed by atoms with Crippen molar-refractivity contribution in [2.24, 2.45) is 0 Å². The molecule has 2 aromatic carbocycles. The van der Waals surface area contributed by atoms with Crippen LogP contribution in [0.1, 0.15) is 28.8 Å². The van der Waals surface area contributed by atoms with E-state index in [4.69, 9.17) is 0 Å². The van der Waals surface area contributed by atoms with Gasteiger partial charge in [0.1, 0.15) is 0 Å². The zero-order chi connectivity index (χ0) is 22.3. The van der Waals surface area contributed by atoms with Crippen molar-refractivity contribution in [2.75, 3.05) is 17.7 Å². The van der Waals surface area contributed by atoms with Crippen molar-refractivity contribution in [2.45, 2.75) is 18.9 Å². The highest BCUT2D eigenvalue weighted by Crippen LogP contribution is 2.26. The Morgan fingerprint density at radius 3 is 2.31 bits per heavy atom. The molecular formula is C26H25N3O2S. The number of hydrogen-bond acceptors (Lipinski definition) is 4. The fraction of sp³-hybridized carbons (Fsp3) is 0.154. The molecule has 2 amide bonds. The number of benzene rings is 2. The number of carbonyl (C=O) groups is 2. The summed E-state index contributed by atoms with van der Waals surface area (Å²) in [6, 6.07) is 19.5. The van der Waals surface area contributed by atoms with Gasteiger partial charge < -0.3 is 16.0 Å². The van der Waals surface area contributed by atoms with Crippen molar-refractivity contribution in [3.05, 3.63) is 88.1 Å². The minimum absolute atomic E-state index is 0.0301. The molecule has 4 rings (SSSR count). The van der Waals surface area contributed by atoms with Crippen molar-refractivity contribution in [1.82, 2.24) is 5.32 Å². The summed E-state index contributed by atoms with van der Waals surface area (Å²) in [7, 11) is 1.82. The molecule has 5 nitrogen and oxygen atoms in total. The van der Waals surface area contributed by atoms with Gasteiger partial charge in [0.15, 0.2) is 0 Å². The van der Waals surface area contributed by atoms with Crippen molar-refractivity contribution in [3.63, 3.8) is 0 Å². The van der Waals surface area contributed by atoms with Crippen molar-refractivity contribution >= 4 is 52.3 Å². The summed E-state index contributed by atoms with van der Waals surface area (Å²) in [5.74, 6) is -0.231. The first kappa shape index (κ1) is 21.6. The van der Waals surface area contributed by atoms with E-state index in [0.29, 0.717) is 11.6 Å². The van der Waals surface area contributed by atoms with Gasteiger partial charge in [0.05, 0.1) is 16.9 Å². The van der Waals surface area contributed by atoms with Crippen molar-refractivity contribution in [3.8, 4) is 0 Å². The summed E-state index contributed by atoms with van der Waals surface area (Å²) in [5, 5.41) is 11.0. The van der Waals surface area contributed by atoms with Crippen LogP contribution in [0.25, 0.3) is 17.7 Å². The molecule has 1 aromatic heterocycles. The van der Waals surface area contributed by atoms with Gasteiger partial charge in [0.2, 0.25) is 5.91 Å². The maximum Gasteiger partial charge on any atom is 0.252 e. The summed E-state index contributed by atoms with van der Waals surface area (Å²) < 4.78 is 0. The molecule has 6 heteroatoms. The van der Waals surface area contributed by atoms with E-state index in [1.54, 1.807) is 17.4 Å². The van der Waals surface area contributed by atoms with E-state index in [2.05, 4.69) is 16.0 Å². The molecule has 0 saturated heterocycles. The Kier molecular flexibility index (Phi) is 6.82. The number of carbonyl (C=O) groups excluding carboxylic acids is 2. The molecule has 0 radical (unpaired) electrons. The van der Waals surface area contributed by atoms with Crippen LogP contribution in [0.15, 0.2) is 72.1 Å². The molecule has 1 aliphatic rings. The normalized spacial score (nSPS) is 13.7. The van der Waals surface area contributed by atoms with E-state index in [-0.39, 0.29) is 11.8 Å². The maximum absolute atomic E-state index is 12.7. The van der Waals surface area contributed by atoms with Crippen LogP contribution in [-0.4, -0.2) is 24.9 Å². The van der Waals surface area contributed by atoms with Gasteiger partial charge in [-0.1, -0.05) is 42.5 Å². The highest BCUT2D eigenvalue weighted by Gasteiger charge is 2.25. The third-order valence-electron chi connectivity index (χ3n) is 5.07. The molecule has 0 spiro atoms. The summed E-state index contributed by atoms with van der Waals surface area (Å²) in [6.45, 7) is 0. The average molecular weight is 444 g/mol. The lowest BCUT2D eigenvalue weighted by Gasteiger charge is -2.08. The smallest absolute Gasteiger partial charge is 0.252 e. The van der Waals surface area contributed by atoms with Crippen LogP contribution in [0, 0.1) is 0 Å². The van der Waals surface area contributed by atoms with Gasteiger partial charge in [0.25, 0.3) is 5.91 Å². The first-order valence-corrected chi connectivity index (χ1v) is 11.4. The summed E-state index contributed by atoms with van der Waals surface area (Å²) in [4.78, 5) is 25.9. The highest BCUT2D eigenvalue weighted by atomic mass is 32.1. The Morgan fingerprint density at radius 1 is 0.938 bits per heavy atom. The molecule has 1 aliphatic carbocycles. The molecule has 3 aromatic rings. The van der Waals surface area contributed by atoms with Crippen LogP contribution in [-0.2, 0) is 9.59 Å². The minimum atomic E-state index is -0.201. The predicted octanol–water partition coefficient (Wildman–Crippen LogP) is 5.26. The standard InChI is InChI=1S/C26H25N3O2S/c1-27-22-5-2-3-6-23(22)29-25(30)15-12-18-8-10-19(11-9-18)17-21(24-7-4-16-32-24)26(31)28-20-13-14-20/h2-12,15-17,20,27H,13-14H2,1H3,(H,28,31)(H,29,30)/b15-12+,21-17+. The van der Waals surface area contributed by atoms with Crippen LogP contribution in [0.5, 0.6) is 0 Å². The number of thiophene rings is 1. The summed E-state index contributed by atoms with van der Waals surface area (Å²) >= 11 is 1.55. The Balaban J connectivity index is 1.44. The van der Waals surface area contributed by atoms with Crippen LogP contribution in [0.4, 0.5) is 11.4 Å². The van der Waals surface area contributed by atoms with Gasteiger partial charge in [0, 0.05) is 24.0 Å². The Hall–Kier alpha value is -3.64. The zero-order valence-electron chi connectivity index (χ0n) is 17.8. The number of anilines is 2. The molecule has 0 atom stereocenters. The average Bonchev–Trinajstić information content (AvgIpc) is 3.46. The van der Waals surface area contributed by atoms with Gasteiger partial charge >= 0.3 is 0 Å². The first-order chi connectivity index (χ1) is 15.6. The van der Waals surface area contributed by atoms with E-state index in [0.717, 1.165) is 40.2 Å². The molecule has 1 fully saturated rings. The van der Waals surface area contributed by atoms with Gasteiger partial charge in [-0.2, -0.15) is 0 Å².